The summed E-state index contributed by atoms with van der Waals surface area (Å²) in [6, 6.07) is 0.600. The molecule has 0 aromatic heterocycles. The molecule has 2 saturated carbocycles. The fraction of sp³-hybridized carbons (Fsp3) is 0.933. The van der Waals surface area contributed by atoms with E-state index < -0.39 is 11.5 Å². The lowest BCUT2D eigenvalue weighted by atomic mass is 9.77. The molecule has 3 unspecified atom stereocenters. The van der Waals surface area contributed by atoms with Gasteiger partial charge < -0.3 is 10.8 Å². The smallest absolute Gasteiger partial charge is 0.325 e. The number of aliphatic carboxylic acids is 1. The first-order chi connectivity index (χ1) is 9.11. The molecular weight excluding hydrogens is 240 g/mol. The molecule has 3 atom stereocenters. The molecule has 3 fully saturated rings. The maximum absolute atomic E-state index is 11.6. The van der Waals surface area contributed by atoms with Crippen LogP contribution < -0.4 is 5.73 Å². The molecule has 3 N–H and O–H groups in total. The number of hydrogen-bond donors (Lipinski definition) is 2. The topological polar surface area (TPSA) is 66.6 Å². The van der Waals surface area contributed by atoms with Crippen LogP contribution in [0.5, 0.6) is 0 Å². The monoisotopic (exact) mass is 266 g/mol. The van der Waals surface area contributed by atoms with Gasteiger partial charge in [-0.2, -0.15) is 0 Å². The summed E-state index contributed by atoms with van der Waals surface area (Å²) >= 11 is 0. The highest BCUT2D eigenvalue weighted by molar-refractivity contribution is 5.79. The van der Waals surface area contributed by atoms with Gasteiger partial charge in [-0.3, -0.25) is 9.69 Å². The highest BCUT2D eigenvalue weighted by atomic mass is 16.4. The summed E-state index contributed by atoms with van der Waals surface area (Å²) in [6.07, 6.45) is 9.74. The Morgan fingerprint density at radius 2 is 1.84 bits per heavy atom. The standard InChI is InChI=1S/C15H26N2O2/c16-15(14(18)19,12-7-8-12)10-17-9-3-5-11-4-1-2-6-13(11)17/h11-13H,1-10,16H2,(H,18,19). The SMILES string of the molecule is NC(CN1CCCC2CCCCC21)(C(=O)O)C1CC1. The second kappa shape index (κ2) is 5.06. The van der Waals surface area contributed by atoms with Crippen LogP contribution in [0, 0.1) is 11.8 Å². The minimum absolute atomic E-state index is 0.203. The molecule has 0 spiro atoms. The zero-order chi connectivity index (χ0) is 13.5. The van der Waals surface area contributed by atoms with E-state index in [0.717, 1.165) is 25.3 Å². The molecule has 1 aliphatic heterocycles. The molecule has 2 aliphatic carbocycles. The summed E-state index contributed by atoms with van der Waals surface area (Å²) in [6.45, 7) is 1.61. The van der Waals surface area contributed by atoms with Crippen LogP contribution in [0.1, 0.15) is 51.4 Å². The summed E-state index contributed by atoms with van der Waals surface area (Å²) in [4.78, 5) is 14.0. The van der Waals surface area contributed by atoms with E-state index in [1.54, 1.807) is 0 Å². The zero-order valence-electron chi connectivity index (χ0n) is 11.7. The first-order valence-electron chi connectivity index (χ1n) is 7.87. The molecule has 1 saturated heterocycles. The molecule has 4 nitrogen and oxygen atoms in total. The molecule has 4 heteroatoms. The highest BCUT2D eigenvalue weighted by Gasteiger charge is 2.50. The van der Waals surface area contributed by atoms with Crippen molar-refractivity contribution in [2.75, 3.05) is 13.1 Å². The predicted octanol–water partition coefficient (Wildman–Crippen LogP) is 1.83. The van der Waals surface area contributed by atoms with E-state index in [9.17, 15) is 9.90 Å². The second-order valence-corrected chi connectivity index (χ2v) is 6.84. The number of nitrogens with two attached hydrogens (primary N) is 1. The predicted molar refractivity (Wildman–Crippen MR) is 73.8 cm³/mol. The summed E-state index contributed by atoms with van der Waals surface area (Å²) in [5.41, 5.74) is 5.26. The number of nitrogens with zero attached hydrogens (tertiary/aromatic N) is 1. The van der Waals surface area contributed by atoms with Crippen molar-refractivity contribution < 1.29 is 9.90 Å². The number of hydrogen-bond acceptors (Lipinski definition) is 3. The van der Waals surface area contributed by atoms with Crippen molar-refractivity contribution in [3.63, 3.8) is 0 Å². The molecule has 19 heavy (non-hydrogen) atoms. The number of piperidine rings is 1. The Bertz CT molecular complexity index is 354. The quantitative estimate of drug-likeness (QED) is 0.814. The van der Waals surface area contributed by atoms with Crippen LogP contribution in [0.2, 0.25) is 0 Å². The van der Waals surface area contributed by atoms with Crippen molar-refractivity contribution in [3.8, 4) is 0 Å². The van der Waals surface area contributed by atoms with Crippen LogP contribution >= 0.6 is 0 Å². The van der Waals surface area contributed by atoms with Crippen molar-refractivity contribution in [1.29, 1.82) is 0 Å². The molecule has 0 aromatic rings. The first-order valence-corrected chi connectivity index (χ1v) is 7.87. The Morgan fingerprint density at radius 3 is 2.53 bits per heavy atom. The van der Waals surface area contributed by atoms with Crippen molar-refractivity contribution in [2.45, 2.75) is 62.9 Å². The van der Waals surface area contributed by atoms with Gasteiger partial charge in [0.2, 0.25) is 0 Å². The minimum atomic E-state index is -1.00. The molecule has 3 rings (SSSR count). The first kappa shape index (κ1) is 13.4. The van der Waals surface area contributed by atoms with Crippen LogP contribution in [-0.4, -0.2) is 40.6 Å². The van der Waals surface area contributed by atoms with Crippen molar-refractivity contribution in [3.05, 3.63) is 0 Å². The summed E-state index contributed by atoms with van der Waals surface area (Å²) in [7, 11) is 0. The van der Waals surface area contributed by atoms with Gasteiger partial charge in [0.25, 0.3) is 0 Å². The number of carboxylic acid groups (broad SMARTS) is 1. The summed E-state index contributed by atoms with van der Waals surface area (Å²) in [5, 5.41) is 9.52. The highest BCUT2D eigenvalue weighted by Crippen LogP contribution is 2.41. The van der Waals surface area contributed by atoms with Gasteiger partial charge in [-0.25, -0.2) is 0 Å². The Hall–Kier alpha value is -0.610. The molecule has 108 valence electrons. The van der Waals surface area contributed by atoms with Crippen molar-refractivity contribution in [2.24, 2.45) is 17.6 Å². The number of carboxylic acids is 1. The van der Waals surface area contributed by atoms with Crippen LogP contribution in [0.25, 0.3) is 0 Å². The molecule has 0 amide bonds. The third-order valence-corrected chi connectivity index (χ3v) is 5.53. The Kier molecular flexibility index (Phi) is 3.56. The summed E-state index contributed by atoms with van der Waals surface area (Å²) in [5.74, 6) is 0.196. The van der Waals surface area contributed by atoms with Gasteiger partial charge in [-0.15, -0.1) is 0 Å². The van der Waals surface area contributed by atoms with Gasteiger partial charge in [0.1, 0.15) is 5.54 Å². The summed E-state index contributed by atoms with van der Waals surface area (Å²) < 4.78 is 0. The largest absolute Gasteiger partial charge is 0.480 e. The molecular formula is C15H26N2O2. The van der Waals surface area contributed by atoms with E-state index in [1.165, 1.54) is 38.5 Å². The lowest BCUT2D eigenvalue weighted by molar-refractivity contribution is -0.146. The number of rotatable bonds is 4. The lowest BCUT2D eigenvalue weighted by Gasteiger charge is -2.46. The van der Waals surface area contributed by atoms with Crippen molar-refractivity contribution >= 4 is 5.97 Å². The van der Waals surface area contributed by atoms with Gasteiger partial charge in [0.05, 0.1) is 0 Å². The van der Waals surface area contributed by atoms with Gasteiger partial charge >= 0.3 is 5.97 Å². The molecule has 0 aromatic carbocycles. The molecule has 3 aliphatic rings. The van der Waals surface area contributed by atoms with Gasteiger partial charge in [-0.05, 0) is 56.9 Å². The number of fused-ring (bicyclic) bond motifs is 1. The van der Waals surface area contributed by atoms with Crippen molar-refractivity contribution in [1.82, 2.24) is 4.90 Å². The average molecular weight is 266 g/mol. The fourth-order valence-electron chi connectivity index (χ4n) is 4.23. The maximum atomic E-state index is 11.6. The van der Waals surface area contributed by atoms with Crippen LogP contribution in [0.15, 0.2) is 0 Å². The van der Waals surface area contributed by atoms with Crippen LogP contribution in [0.3, 0.4) is 0 Å². The van der Waals surface area contributed by atoms with Gasteiger partial charge in [0, 0.05) is 12.6 Å². The third-order valence-electron chi connectivity index (χ3n) is 5.53. The van der Waals surface area contributed by atoms with E-state index in [4.69, 9.17) is 5.73 Å². The molecule has 1 heterocycles. The normalized spacial score (nSPS) is 35.4. The Morgan fingerprint density at radius 1 is 1.16 bits per heavy atom. The van der Waals surface area contributed by atoms with E-state index >= 15 is 0 Å². The Balaban J connectivity index is 1.71. The van der Waals surface area contributed by atoms with Gasteiger partial charge in [-0.1, -0.05) is 12.8 Å². The van der Waals surface area contributed by atoms with Crippen LogP contribution in [0.4, 0.5) is 0 Å². The zero-order valence-corrected chi connectivity index (χ0v) is 11.7. The lowest BCUT2D eigenvalue weighted by Crippen LogP contribution is -2.61. The Labute approximate surface area is 115 Å². The number of carbonyl (C=O) groups is 1. The molecule has 0 radical (unpaired) electrons. The maximum Gasteiger partial charge on any atom is 0.325 e. The fourth-order valence-corrected chi connectivity index (χ4v) is 4.23. The van der Waals surface area contributed by atoms with Crippen LogP contribution in [-0.2, 0) is 4.79 Å². The minimum Gasteiger partial charge on any atom is -0.480 e. The third kappa shape index (κ3) is 2.52. The molecule has 0 bridgehead atoms. The van der Waals surface area contributed by atoms with E-state index in [1.807, 2.05) is 0 Å². The second-order valence-electron chi connectivity index (χ2n) is 6.84. The van der Waals surface area contributed by atoms with Gasteiger partial charge in [0.15, 0.2) is 0 Å². The average Bonchev–Trinajstić information content (AvgIpc) is 3.23. The number of likely N-dealkylation sites (tertiary alicyclic amines) is 1. The van der Waals surface area contributed by atoms with E-state index in [0.29, 0.717) is 12.6 Å². The van der Waals surface area contributed by atoms with E-state index in [2.05, 4.69) is 4.90 Å². The van der Waals surface area contributed by atoms with E-state index in [-0.39, 0.29) is 5.92 Å².